The summed E-state index contributed by atoms with van der Waals surface area (Å²) in [4.78, 5) is -0.156. The number of nitrogens with two attached hydrogens (primary N) is 2. The molecular weight excluding hydrogens is 332 g/mol. The van der Waals surface area contributed by atoms with Crippen molar-refractivity contribution < 1.29 is 13.2 Å². The van der Waals surface area contributed by atoms with Crippen molar-refractivity contribution in [3.63, 3.8) is 0 Å². The normalized spacial score (nSPS) is 11.3. The van der Waals surface area contributed by atoms with Gasteiger partial charge in [-0.05, 0) is 40.2 Å². The zero-order chi connectivity index (χ0) is 14.0. The molecule has 4 N–H and O–H groups in total. The monoisotopic (exact) mass is 342 g/mol. The van der Waals surface area contributed by atoms with E-state index in [1.807, 2.05) is 6.07 Å². The Balaban J connectivity index is 2.46. The van der Waals surface area contributed by atoms with Gasteiger partial charge < -0.3 is 10.5 Å². The van der Waals surface area contributed by atoms with E-state index in [0.717, 1.165) is 4.47 Å². The fourth-order valence-electron chi connectivity index (χ4n) is 1.51. The summed E-state index contributed by atoms with van der Waals surface area (Å²) in [5.41, 5.74) is 5.75. The zero-order valence-electron chi connectivity index (χ0n) is 9.71. The van der Waals surface area contributed by atoms with Crippen LogP contribution in [0.4, 0.5) is 5.69 Å². The Labute approximate surface area is 119 Å². The number of rotatable bonds is 3. The Bertz CT molecular complexity index is 717. The predicted molar refractivity (Wildman–Crippen MR) is 76.4 cm³/mol. The molecule has 0 aromatic heterocycles. The third kappa shape index (κ3) is 3.06. The molecule has 0 atom stereocenters. The first-order chi connectivity index (χ1) is 8.89. The minimum Gasteiger partial charge on any atom is -0.454 e. The molecule has 0 aliphatic carbocycles. The largest absolute Gasteiger partial charge is 0.454 e. The number of primary sulfonamides is 1. The standard InChI is InChI=1S/C12H11BrN2O3S/c13-8-4-1-2-5-9(8)18-10-6-3-7-11(12(10)14)19(15,16)17/h1-7H,14H2,(H2,15,16,17). The smallest absolute Gasteiger partial charge is 0.240 e. The molecule has 0 bridgehead atoms. The Kier molecular flexibility index (Phi) is 3.79. The van der Waals surface area contributed by atoms with E-state index in [4.69, 9.17) is 15.6 Å². The summed E-state index contributed by atoms with van der Waals surface area (Å²) in [6.07, 6.45) is 0. The van der Waals surface area contributed by atoms with Crippen molar-refractivity contribution in [1.82, 2.24) is 0 Å². The first-order valence-electron chi connectivity index (χ1n) is 5.23. The van der Waals surface area contributed by atoms with E-state index in [1.54, 1.807) is 24.3 Å². The zero-order valence-corrected chi connectivity index (χ0v) is 12.1. The lowest BCUT2D eigenvalue weighted by Gasteiger charge is -2.11. The van der Waals surface area contributed by atoms with Gasteiger partial charge in [0, 0.05) is 0 Å². The van der Waals surface area contributed by atoms with Gasteiger partial charge in [0.1, 0.15) is 10.6 Å². The second kappa shape index (κ2) is 5.20. The molecule has 0 fully saturated rings. The molecule has 0 radical (unpaired) electrons. The van der Waals surface area contributed by atoms with Crippen LogP contribution in [-0.2, 0) is 10.0 Å². The average molecular weight is 343 g/mol. The first-order valence-corrected chi connectivity index (χ1v) is 7.57. The summed E-state index contributed by atoms with van der Waals surface area (Å²) >= 11 is 3.33. The van der Waals surface area contributed by atoms with Gasteiger partial charge in [0.2, 0.25) is 10.0 Å². The molecule has 0 saturated heterocycles. The summed E-state index contributed by atoms with van der Waals surface area (Å²) in [6.45, 7) is 0. The van der Waals surface area contributed by atoms with Gasteiger partial charge in [-0.1, -0.05) is 18.2 Å². The van der Waals surface area contributed by atoms with Crippen LogP contribution < -0.4 is 15.6 Å². The minimum atomic E-state index is -3.88. The molecule has 7 heteroatoms. The fraction of sp³-hybridized carbons (Fsp3) is 0. The van der Waals surface area contributed by atoms with Crippen LogP contribution in [0, 0.1) is 0 Å². The quantitative estimate of drug-likeness (QED) is 0.837. The summed E-state index contributed by atoms with van der Waals surface area (Å²) in [6, 6.07) is 11.6. The van der Waals surface area contributed by atoms with Gasteiger partial charge in [0.05, 0.1) is 10.2 Å². The van der Waals surface area contributed by atoms with E-state index in [2.05, 4.69) is 15.9 Å². The minimum absolute atomic E-state index is 0.0132. The molecule has 0 spiro atoms. The summed E-state index contributed by atoms with van der Waals surface area (Å²) in [7, 11) is -3.88. The molecule has 0 aliphatic rings. The molecule has 2 aromatic carbocycles. The summed E-state index contributed by atoms with van der Waals surface area (Å²) in [5.74, 6) is 0.763. The maximum Gasteiger partial charge on any atom is 0.240 e. The third-order valence-electron chi connectivity index (χ3n) is 2.39. The highest BCUT2D eigenvalue weighted by atomic mass is 79.9. The Morgan fingerprint density at radius 2 is 1.63 bits per heavy atom. The number of halogens is 1. The Hall–Kier alpha value is -1.57. The molecule has 0 saturated carbocycles. The number of hydrogen-bond donors (Lipinski definition) is 2. The van der Waals surface area contributed by atoms with Crippen LogP contribution in [0.15, 0.2) is 51.8 Å². The third-order valence-corrected chi connectivity index (χ3v) is 4.01. The fourth-order valence-corrected chi connectivity index (χ4v) is 2.55. The lowest BCUT2D eigenvalue weighted by Crippen LogP contribution is -2.14. The second-order valence-electron chi connectivity index (χ2n) is 3.75. The van der Waals surface area contributed by atoms with Crippen molar-refractivity contribution >= 4 is 31.6 Å². The van der Waals surface area contributed by atoms with E-state index in [1.165, 1.54) is 12.1 Å². The number of ether oxygens (including phenoxy) is 1. The number of benzene rings is 2. The van der Waals surface area contributed by atoms with E-state index in [9.17, 15) is 8.42 Å². The van der Waals surface area contributed by atoms with Crippen molar-refractivity contribution in [2.24, 2.45) is 5.14 Å². The lowest BCUT2D eigenvalue weighted by molar-refractivity contribution is 0.480. The van der Waals surface area contributed by atoms with Gasteiger partial charge >= 0.3 is 0 Å². The van der Waals surface area contributed by atoms with Crippen LogP contribution in [-0.4, -0.2) is 8.42 Å². The topological polar surface area (TPSA) is 95.4 Å². The van der Waals surface area contributed by atoms with Gasteiger partial charge in [-0.25, -0.2) is 13.6 Å². The van der Waals surface area contributed by atoms with Crippen molar-refractivity contribution in [3.05, 3.63) is 46.9 Å². The lowest BCUT2D eigenvalue weighted by atomic mass is 10.3. The molecule has 5 nitrogen and oxygen atoms in total. The van der Waals surface area contributed by atoms with Crippen molar-refractivity contribution in [3.8, 4) is 11.5 Å². The average Bonchev–Trinajstić information content (AvgIpc) is 2.33. The van der Waals surface area contributed by atoms with Gasteiger partial charge in [0.15, 0.2) is 5.75 Å². The number of anilines is 1. The number of para-hydroxylation sites is 2. The number of sulfonamides is 1. The van der Waals surface area contributed by atoms with Crippen LogP contribution in [0.2, 0.25) is 0 Å². The van der Waals surface area contributed by atoms with Crippen molar-refractivity contribution in [2.45, 2.75) is 4.90 Å². The number of nitrogen functional groups attached to an aromatic ring is 1. The molecule has 100 valence electrons. The second-order valence-corrected chi connectivity index (χ2v) is 6.13. The van der Waals surface area contributed by atoms with E-state index < -0.39 is 10.0 Å². The molecule has 0 unspecified atom stereocenters. The Morgan fingerprint density at radius 1 is 1.00 bits per heavy atom. The summed E-state index contributed by atoms with van der Waals surface area (Å²) in [5, 5.41) is 5.08. The van der Waals surface area contributed by atoms with Gasteiger partial charge in [-0.15, -0.1) is 0 Å². The van der Waals surface area contributed by atoms with Gasteiger partial charge in [-0.3, -0.25) is 0 Å². The van der Waals surface area contributed by atoms with E-state index in [0.29, 0.717) is 5.75 Å². The molecule has 2 rings (SSSR count). The molecule has 2 aromatic rings. The molecule has 0 amide bonds. The van der Waals surface area contributed by atoms with Gasteiger partial charge in [-0.2, -0.15) is 0 Å². The van der Waals surface area contributed by atoms with Gasteiger partial charge in [0.25, 0.3) is 0 Å². The van der Waals surface area contributed by atoms with Crippen molar-refractivity contribution in [2.75, 3.05) is 5.73 Å². The maximum atomic E-state index is 11.4. The highest BCUT2D eigenvalue weighted by Gasteiger charge is 2.16. The molecule has 0 aliphatic heterocycles. The van der Waals surface area contributed by atoms with E-state index in [-0.39, 0.29) is 16.3 Å². The maximum absolute atomic E-state index is 11.4. The van der Waals surface area contributed by atoms with Crippen LogP contribution in [0.5, 0.6) is 11.5 Å². The van der Waals surface area contributed by atoms with Crippen molar-refractivity contribution in [1.29, 1.82) is 0 Å². The molecule has 19 heavy (non-hydrogen) atoms. The first kappa shape index (κ1) is 13.9. The summed E-state index contributed by atoms with van der Waals surface area (Å²) < 4.78 is 29.0. The predicted octanol–water partition coefficient (Wildman–Crippen LogP) is 2.47. The van der Waals surface area contributed by atoms with E-state index >= 15 is 0 Å². The van der Waals surface area contributed by atoms with Crippen LogP contribution >= 0.6 is 15.9 Å². The highest BCUT2D eigenvalue weighted by molar-refractivity contribution is 9.10. The van der Waals surface area contributed by atoms with Crippen LogP contribution in [0.3, 0.4) is 0 Å². The SMILES string of the molecule is Nc1c(Oc2ccccc2Br)cccc1S(N)(=O)=O. The molecular formula is C12H11BrN2O3S. The highest BCUT2D eigenvalue weighted by Crippen LogP contribution is 2.34. The number of hydrogen-bond acceptors (Lipinski definition) is 4. The van der Waals surface area contributed by atoms with Crippen LogP contribution in [0.25, 0.3) is 0 Å². The molecule has 0 heterocycles. The van der Waals surface area contributed by atoms with Crippen LogP contribution in [0.1, 0.15) is 0 Å². The Morgan fingerprint density at radius 3 is 2.26 bits per heavy atom.